The zero-order chi connectivity index (χ0) is 27.9. The summed E-state index contributed by atoms with van der Waals surface area (Å²) in [4.78, 5) is 29.8. The molecule has 1 saturated carbocycles. The number of aliphatic carboxylic acids is 2. The van der Waals surface area contributed by atoms with Crippen LogP contribution in [-0.4, -0.2) is 54.6 Å². The lowest BCUT2D eigenvalue weighted by Gasteiger charge is -2.36. The highest BCUT2D eigenvalue weighted by Gasteiger charge is 2.43. The molecule has 0 aliphatic heterocycles. The highest BCUT2D eigenvalue weighted by atomic mass is 35.5. The molecule has 0 atom stereocenters. The highest BCUT2D eigenvalue weighted by molar-refractivity contribution is 6.30. The van der Waals surface area contributed by atoms with Crippen molar-refractivity contribution in [2.24, 2.45) is 5.41 Å². The molecule has 0 spiro atoms. The van der Waals surface area contributed by atoms with Gasteiger partial charge in [-0.1, -0.05) is 17.7 Å². The number of carboxylic acid groups (broad SMARTS) is 2. The lowest BCUT2D eigenvalue weighted by Crippen LogP contribution is -2.40. The summed E-state index contributed by atoms with van der Waals surface area (Å²) in [5.41, 5.74) is -0.407. The number of benzene rings is 1. The van der Waals surface area contributed by atoms with Crippen molar-refractivity contribution >= 4 is 35.2 Å². The molecule has 2 heterocycles. The van der Waals surface area contributed by atoms with Crippen LogP contribution in [-0.2, 0) is 16.0 Å². The molecule has 0 amide bonds. The normalized spacial score (nSPS) is 19.1. The summed E-state index contributed by atoms with van der Waals surface area (Å²) < 4.78 is 51.6. The van der Waals surface area contributed by atoms with Crippen LogP contribution in [0.25, 0.3) is 0 Å². The number of halogens is 5. The van der Waals surface area contributed by atoms with Crippen molar-refractivity contribution in [2.75, 3.05) is 5.32 Å². The number of hydrogen-bond acceptors (Lipinski definition) is 7. The van der Waals surface area contributed by atoms with E-state index >= 15 is 0 Å². The maximum absolute atomic E-state index is 14.1. The van der Waals surface area contributed by atoms with Crippen molar-refractivity contribution < 1.29 is 42.1 Å². The van der Waals surface area contributed by atoms with E-state index in [2.05, 4.69) is 25.5 Å². The van der Waals surface area contributed by atoms with Crippen LogP contribution in [0.2, 0.25) is 5.02 Å². The molecule has 1 aromatic carbocycles. The van der Waals surface area contributed by atoms with Crippen LogP contribution >= 0.6 is 11.6 Å². The zero-order valence-electron chi connectivity index (χ0n) is 19.5. The van der Waals surface area contributed by atoms with Crippen LogP contribution in [0, 0.1) is 11.2 Å². The van der Waals surface area contributed by atoms with E-state index in [1.54, 1.807) is 30.7 Å². The van der Waals surface area contributed by atoms with Gasteiger partial charge in [-0.05, 0) is 37.8 Å². The summed E-state index contributed by atoms with van der Waals surface area (Å²) in [5.74, 6) is -3.08. The van der Waals surface area contributed by atoms with E-state index in [0.717, 1.165) is 0 Å². The van der Waals surface area contributed by atoms with E-state index in [4.69, 9.17) is 26.2 Å². The Morgan fingerprint density at radius 3 is 2.42 bits per heavy atom. The first kappa shape index (κ1) is 28.6. The molecule has 0 bridgehead atoms. The van der Waals surface area contributed by atoms with E-state index in [-0.39, 0.29) is 23.3 Å². The molecule has 1 aliphatic rings. The first-order valence-electron chi connectivity index (χ1n) is 11.1. The molecule has 38 heavy (non-hydrogen) atoms. The van der Waals surface area contributed by atoms with Gasteiger partial charge in [-0.3, -0.25) is 14.9 Å². The molecule has 0 radical (unpaired) electrons. The SMILES string of the molecule is O=C(O)C(F)(F)F.O=C(O)C1(Cc2cncc(Nc3cc[nH]n3)n2)CCC(Oc2cccc(Cl)c2F)CC1. The van der Waals surface area contributed by atoms with E-state index in [1.807, 2.05) is 0 Å². The lowest BCUT2D eigenvalue weighted by molar-refractivity contribution is -0.192. The maximum Gasteiger partial charge on any atom is 0.490 e. The van der Waals surface area contributed by atoms with Crippen molar-refractivity contribution in [3.8, 4) is 5.75 Å². The molecule has 4 N–H and O–H groups in total. The van der Waals surface area contributed by atoms with Gasteiger partial charge in [0.2, 0.25) is 0 Å². The summed E-state index contributed by atoms with van der Waals surface area (Å²) in [6, 6.07) is 6.34. The number of carboxylic acids is 2. The third kappa shape index (κ3) is 7.54. The number of nitrogens with zero attached hydrogens (tertiary/aromatic N) is 3. The van der Waals surface area contributed by atoms with Crippen molar-refractivity contribution in [3.63, 3.8) is 0 Å². The van der Waals surface area contributed by atoms with Gasteiger partial charge >= 0.3 is 18.1 Å². The number of aromatic nitrogens is 4. The molecule has 10 nitrogen and oxygen atoms in total. The topological polar surface area (TPSA) is 150 Å². The molecule has 0 unspecified atom stereocenters. The fraction of sp³-hybridized carbons (Fsp3) is 0.348. The number of ether oxygens (including phenoxy) is 1. The van der Waals surface area contributed by atoms with Gasteiger partial charge in [0.1, 0.15) is 5.82 Å². The largest absolute Gasteiger partial charge is 0.490 e. The molecule has 2 aromatic heterocycles. The lowest BCUT2D eigenvalue weighted by atomic mass is 9.70. The standard InChI is InChI=1S/C21H21ClFN5O3.C2HF3O2/c22-15-2-1-3-16(19(15)23)31-14-4-7-21(8-5-14,20(29)30)10-13-11-24-12-18(26-13)27-17-6-9-25-28-17;3-2(4,5)1(6)7/h1-3,6,9,11-12,14H,4-5,7-8,10H2,(H,29,30)(H2,25,26,27,28);(H,6,7). The van der Waals surface area contributed by atoms with Crippen LogP contribution in [0.3, 0.4) is 0 Å². The van der Waals surface area contributed by atoms with Crippen LogP contribution < -0.4 is 10.1 Å². The number of carbonyl (C=O) groups is 2. The molecule has 15 heteroatoms. The summed E-state index contributed by atoms with van der Waals surface area (Å²) in [7, 11) is 0. The second kappa shape index (κ2) is 12.1. The van der Waals surface area contributed by atoms with Crippen LogP contribution in [0.1, 0.15) is 31.4 Å². The van der Waals surface area contributed by atoms with Gasteiger partial charge in [-0.15, -0.1) is 0 Å². The maximum atomic E-state index is 14.1. The number of anilines is 2. The fourth-order valence-corrected chi connectivity index (χ4v) is 4.01. The van der Waals surface area contributed by atoms with Gasteiger partial charge in [0.25, 0.3) is 0 Å². The Hall–Kier alpha value is -3.94. The molecule has 0 saturated heterocycles. The molecule has 204 valence electrons. The Kier molecular flexibility index (Phi) is 9.09. The second-order valence-corrected chi connectivity index (χ2v) is 8.82. The average Bonchev–Trinajstić information content (AvgIpc) is 3.36. The quantitative estimate of drug-likeness (QED) is 0.293. The minimum Gasteiger partial charge on any atom is -0.487 e. The molecule has 1 fully saturated rings. The summed E-state index contributed by atoms with van der Waals surface area (Å²) >= 11 is 5.81. The minimum absolute atomic E-state index is 0.00454. The Labute approximate surface area is 218 Å². The predicted octanol–water partition coefficient (Wildman–Crippen LogP) is 5.00. The number of nitrogens with one attached hydrogen (secondary N) is 2. The average molecular weight is 560 g/mol. The highest BCUT2D eigenvalue weighted by Crippen LogP contribution is 2.41. The predicted molar refractivity (Wildman–Crippen MR) is 126 cm³/mol. The monoisotopic (exact) mass is 559 g/mol. The zero-order valence-corrected chi connectivity index (χ0v) is 20.3. The van der Waals surface area contributed by atoms with Gasteiger partial charge < -0.3 is 20.3 Å². The third-order valence-electron chi connectivity index (χ3n) is 5.76. The number of alkyl halides is 3. The molecule has 1 aliphatic carbocycles. The van der Waals surface area contributed by atoms with E-state index in [9.17, 15) is 27.5 Å². The molecular formula is C23H22ClF4N5O5. The minimum atomic E-state index is -5.08. The third-order valence-corrected chi connectivity index (χ3v) is 6.05. The van der Waals surface area contributed by atoms with E-state index in [1.165, 1.54) is 12.1 Å². The number of H-pyrrole nitrogens is 1. The van der Waals surface area contributed by atoms with Crippen molar-refractivity contribution in [1.29, 1.82) is 0 Å². The van der Waals surface area contributed by atoms with Crippen LogP contribution in [0.4, 0.5) is 29.2 Å². The Morgan fingerprint density at radius 1 is 1.16 bits per heavy atom. The van der Waals surface area contributed by atoms with Crippen molar-refractivity contribution in [2.45, 2.75) is 44.4 Å². The van der Waals surface area contributed by atoms with E-state index in [0.29, 0.717) is 43.0 Å². The van der Waals surface area contributed by atoms with E-state index < -0.39 is 29.3 Å². The smallest absolute Gasteiger partial charge is 0.487 e. The van der Waals surface area contributed by atoms with Gasteiger partial charge in [-0.25, -0.2) is 14.2 Å². The number of hydrogen-bond donors (Lipinski definition) is 4. The summed E-state index contributed by atoms with van der Waals surface area (Å²) in [6.07, 6.45) is 1.41. The Morgan fingerprint density at radius 2 is 1.84 bits per heavy atom. The van der Waals surface area contributed by atoms with Gasteiger partial charge in [0.05, 0.1) is 28.4 Å². The van der Waals surface area contributed by atoms with Crippen molar-refractivity contribution in [1.82, 2.24) is 20.2 Å². The van der Waals surface area contributed by atoms with Gasteiger partial charge in [0, 0.05) is 24.9 Å². The molecule has 3 aromatic rings. The summed E-state index contributed by atoms with van der Waals surface area (Å²) in [5, 5.41) is 26.8. The van der Waals surface area contributed by atoms with Crippen LogP contribution in [0.15, 0.2) is 42.9 Å². The number of rotatable bonds is 7. The van der Waals surface area contributed by atoms with Crippen molar-refractivity contribution in [3.05, 3.63) is 59.4 Å². The fourth-order valence-electron chi connectivity index (χ4n) is 3.84. The first-order chi connectivity index (χ1) is 17.9. The Bertz CT molecular complexity index is 1250. The second-order valence-electron chi connectivity index (χ2n) is 8.41. The van der Waals surface area contributed by atoms with Gasteiger partial charge in [0.15, 0.2) is 17.4 Å². The van der Waals surface area contributed by atoms with Crippen LogP contribution in [0.5, 0.6) is 5.75 Å². The first-order valence-corrected chi connectivity index (χ1v) is 11.5. The van der Waals surface area contributed by atoms with Gasteiger partial charge in [-0.2, -0.15) is 18.3 Å². The Balaban J connectivity index is 0.000000505. The number of aromatic amines is 1. The summed E-state index contributed by atoms with van der Waals surface area (Å²) in [6.45, 7) is 0. The molecular weight excluding hydrogens is 538 g/mol. The molecule has 4 rings (SSSR count).